The molecule has 3 aromatic carbocycles. The van der Waals surface area contributed by atoms with Gasteiger partial charge in [0.25, 0.3) is 0 Å². The van der Waals surface area contributed by atoms with Gasteiger partial charge in [0.05, 0.1) is 13.2 Å². The molecule has 0 N–H and O–H groups in total. The second-order valence-electron chi connectivity index (χ2n) is 7.50. The molecule has 168 valence electrons. The van der Waals surface area contributed by atoms with E-state index >= 15 is 0 Å². The van der Waals surface area contributed by atoms with Crippen molar-refractivity contribution in [3.05, 3.63) is 125 Å². The number of carbonyl (C=O) groups is 2. The molecule has 0 aliphatic carbocycles. The number of hydrogen-bond acceptors (Lipinski definition) is 6. The van der Waals surface area contributed by atoms with Crippen molar-refractivity contribution in [3.63, 3.8) is 0 Å². The van der Waals surface area contributed by atoms with Crippen LogP contribution < -0.4 is 0 Å². The number of hydrogen-bond donors (Lipinski definition) is 0. The van der Waals surface area contributed by atoms with Gasteiger partial charge in [0.2, 0.25) is 5.78 Å². The van der Waals surface area contributed by atoms with Crippen LogP contribution in [0.25, 0.3) is 5.76 Å². The first-order valence-electron chi connectivity index (χ1n) is 10.6. The maximum absolute atomic E-state index is 13.2. The van der Waals surface area contributed by atoms with Crippen LogP contribution in [-0.2, 0) is 14.3 Å². The molecule has 0 saturated heterocycles. The number of aryl methyl sites for hydroxylation is 1. The monoisotopic (exact) mass is 450 g/mol. The van der Waals surface area contributed by atoms with E-state index in [0.29, 0.717) is 22.6 Å². The van der Waals surface area contributed by atoms with Crippen molar-refractivity contribution >= 4 is 28.9 Å². The van der Waals surface area contributed by atoms with E-state index in [0.717, 1.165) is 11.1 Å². The Kier molecular flexibility index (Phi) is 6.89. The van der Waals surface area contributed by atoms with Gasteiger partial charge in [-0.25, -0.2) is 4.79 Å². The Morgan fingerprint density at radius 1 is 0.853 bits per heavy atom. The number of esters is 1. The lowest BCUT2D eigenvalue weighted by molar-refractivity contribution is -0.134. The molecule has 6 heteroatoms. The first kappa shape index (κ1) is 22.6. The predicted octanol–water partition coefficient (Wildman–Crippen LogP) is 5.15. The van der Waals surface area contributed by atoms with Crippen molar-refractivity contribution in [2.45, 2.75) is 6.92 Å². The van der Waals surface area contributed by atoms with E-state index in [9.17, 15) is 9.59 Å². The molecule has 4 rings (SSSR count). The Hall–Kier alpha value is -4.58. The third-order valence-corrected chi connectivity index (χ3v) is 5.08. The molecule has 0 spiro atoms. The second kappa shape index (κ2) is 10.4. The number of ether oxygens (including phenoxy) is 2. The minimum Gasteiger partial charge on any atom is -0.466 e. The number of rotatable bonds is 6. The zero-order valence-corrected chi connectivity index (χ0v) is 18.8. The Labute approximate surface area is 197 Å². The molecule has 1 aliphatic rings. The van der Waals surface area contributed by atoms with Crippen LogP contribution >= 0.6 is 0 Å². The van der Waals surface area contributed by atoms with Crippen LogP contribution in [0.15, 0.2) is 113 Å². The van der Waals surface area contributed by atoms with Crippen molar-refractivity contribution in [2.24, 2.45) is 10.2 Å². The van der Waals surface area contributed by atoms with Crippen molar-refractivity contribution in [3.8, 4) is 0 Å². The summed E-state index contributed by atoms with van der Waals surface area (Å²) in [6, 6.07) is 25.7. The Morgan fingerprint density at radius 3 is 2.09 bits per heavy atom. The van der Waals surface area contributed by atoms with E-state index in [2.05, 4.69) is 10.2 Å². The Balaban J connectivity index is 1.79. The lowest BCUT2D eigenvalue weighted by atomic mass is 10.0. The van der Waals surface area contributed by atoms with Crippen LogP contribution in [0.1, 0.15) is 27.0 Å². The van der Waals surface area contributed by atoms with Gasteiger partial charge in [-0.1, -0.05) is 90.5 Å². The number of benzene rings is 3. The van der Waals surface area contributed by atoms with Crippen molar-refractivity contribution in [2.75, 3.05) is 7.11 Å². The maximum atomic E-state index is 13.2. The number of methoxy groups -OCH3 is 1. The summed E-state index contributed by atoms with van der Waals surface area (Å²) in [5.74, 6) is -0.157. The fourth-order valence-electron chi connectivity index (χ4n) is 3.26. The molecule has 0 aromatic heterocycles. The molecule has 0 amide bonds. The van der Waals surface area contributed by atoms with E-state index < -0.39 is 5.97 Å². The average molecular weight is 450 g/mol. The van der Waals surface area contributed by atoms with E-state index in [4.69, 9.17) is 9.47 Å². The smallest absolute Gasteiger partial charge is 0.334 e. The van der Waals surface area contributed by atoms with Gasteiger partial charge in [0.15, 0.2) is 5.76 Å². The third-order valence-electron chi connectivity index (χ3n) is 5.08. The topological polar surface area (TPSA) is 77.3 Å². The molecule has 0 unspecified atom stereocenters. The number of ketones is 1. The molecule has 0 saturated carbocycles. The number of allylic oxidation sites excluding steroid dienone is 1. The molecular weight excluding hydrogens is 428 g/mol. The van der Waals surface area contributed by atoms with E-state index in [1.165, 1.54) is 13.2 Å². The quantitative estimate of drug-likeness (QED) is 0.171. The van der Waals surface area contributed by atoms with Gasteiger partial charge in [0.1, 0.15) is 17.2 Å². The van der Waals surface area contributed by atoms with Gasteiger partial charge in [-0.15, -0.1) is 10.2 Å². The summed E-state index contributed by atoms with van der Waals surface area (Å²) in [7, 11) is 1.28. The van der Waals surface area contributed by atoms with Crippen LogP contribution in [0, 0.1) is 6.92 Å². The highest BCUT2D eigenvalue weighted by Crippen LogP contribution is 2.28. The van der Waals surface area contributed by atoms with Crippen molar-refractivity contribution in [1.82, 2.24) is 0 Å². The molecule has 0 atom stereocenters. The van der Waals surface area contributed by atoms with Crippen LogP contribution in [0.5, 0.6) is 0 Å². The summed E-state index contributed by atoms with van der Waals surface area (Å²) < 4.78 is 10.6. The van der Waals surface area contributed by atoms with Gasteiger partial charge < -0.3 is 9.47 Å². The van der Waals surface area contributed by atoms with Crippen LogP contribution in [0.3, 0.4) is 0 Å². The lowest BCUT2D eigenvalue weighted by Crippen LogP contribution is -2.16. The maximum Gasteiger partial charge on any atom is 0.334 e. The van der Waals surface area contributed by atoms with Crippen molar-refractivity contribution in [1.29, 1.82) is 0 Å². The van der Waals surface area contributed by atoms with Crippen LogP contribution in [-0.4, -0.2) is 30.3 Å². The van der Waals surface area contributed by atoms with Crippen LogP contribution in [0.4, 0.5) is 0 Å². The molecule has 0 radical (unpaired) electrons. The van der Waals surface area contributed by atoms with Crippen LogP contribution in [0.2, 0.25) is 0 Å². The van der Waals surface area contributed by atoms with Gasteiger partial charge in [-0.05, 0) is 6.92 Å². The fourth-order valence-corrected chi connectivity index (χ4v) is 3.26. The standard InChI is InChI=1S/C28H22N2O4/c1-19-13-15-20(16-14-19)24-17-23(25(34-24)18-26(31)33-2)29-30-27(21-9-5-3-6-10-21)28(32)22-11-7-4-8-12-22/h3-18H,1-2H3. The molecule has 1 heterocycles. The highest BCUT2D eigenvalue weighted by Gasteiger charge is 2.23. The molecule has 1 aliphatic heterocycles. The van der Waals surface area contributed by atoms with E-state index in [1.54, 1.807) is 42.5 Å². The fraction of sp³-hybridized carbons (Fsp3) is 0.0714. The number of nitrogens with zero attached hydrogens (tertiary/aromatic N) is 2. The Bertz CT molecular complexity index is 1320. The Morgan fingerprint density at radius 2 is 1.47 bits per heavy atom. The highest BCUT2D eigenvalue weighted by molar-refractivity contribution is 6.51. The van der Waals surface area contributed by atoms with Gasteiger partial charge in [-0.2, -0.15) is 0 Å². The zero-order valence-electron chi connectivity index (χ0n) is 18.8. The average Bonchev–Trinajstić information content (AvgIpc) is 3.27. The molecule has 0 fully saturated rings. The number of Topliss-reactive ketones (excluding diaryl/α,β-unsaturated/α-hetero) is 1. The summed E-state index contributed by atoms with van der Waals surface area (Å²) in [5, 5.41) is 8.63. The predicted molar refractivity (Wildman–Crippen MR) is 132 cm³/mol. The molecular formula is C28H22N2O4. The molecule has 34 heavy (non-hydrogen) atoms. The van der Waals surface area contributed by atoms with Crippen molar-refractivity contribution < 1.29 is 19.1 Å². The molecule has 6 nitrogen and oxygen atoms in total. The zero-order chi connectivity index (χ0) is 23.9. The summed E-state index contributed by atoms with van der Waals surface area (Å²) in [6.45, 7) is 1.99. The SMILES string of the molecule is COC(=O)C=C1OC(c2ccc(C)cc2)=CC1=NN=C(C(=O)c1ccccc1)c1ccccc1. The van der Waals surface area contributed by atoms with E-state index in [-0.39, 0.29) is 17.3 Å². The minimum atomic E-state index is -0.589. The van der Waals surface area contributed by atoms with Gasteiger partial charge in [-0.3, -0.25) is 4.79 Å². The largest absolute Gasteiger partial charge is 0.466 e. The summed E-state index contributed by atoms with van der Waals surface area (Å²) >= 11 is 0. The van der Waals surface area contributed by atoms with E-state index in [1.807, 2.05) is 55.5 Å². The molecule has 3 aromatic rings. The summed E-state index contributed by atoms with van der Waals surface area (Å²) in [6.07, 6.45) is 2.88. The van der Waals surface area contributed by atoms with Gasteiger partial charge in [0, 0.05) is 22.8 Å². The second-order valence-corrected chi connectivity index (χ2v) is 7.50. The first-order chi connectivity index (χ1) is 16.5. The lowest BCUT2D eigenvalue weighted by Gasteiger charge is -2.06. The first-order valence-corrected chi connectivity index (χ1v) is 10.6. The number of carbonyl (C=O) groups excluding carboxylic acids is 2. The third kappa shape index (κ3) is 5.24. The normalized spacial score (nSPS) is 15.7. The van der Waals surface area contributed by atoms with Gasteiger partial charge >= 0.3 is 5.97 Å². The minimum absolute atomic E-state index is 0.175. The highest BCUT2D eigenvalue weighted by atomic mass is 16.5. The summed E-state index contributed by atoms with van der Waals surface area (Å²) in [5.41, 5.74) is 3.52. The molecule has 0 bridgehead atoms. The summed E-state index contributed by atoms with van der Waals surface area (Å²) in [4.78, 5) is 25.1.